The molecule has 0 aliphatic carbocycles. The van der Waals surface area contributed by atoms with Crippen molar-refractivity contribution in [1.29, 1.82) is 0 Å². The lowest BCUT2D eigenvalue weighted by Crippen LogP contribution is -2.58. The molecule has 1 saturated heterocycles. The summed E-state index contributed by atoms with van der Waals surface area (Å²) in [5.41, 5.74) is 0.544. The molecule has 11 nitrogen and oxygen atoms in total. The highest BCUT2D eigenvalue weighted by Crippen LogP contribution is 2.15. The molecule has 282 valence electrons. The summed E-state index contributed by atoms with van der Waals surface area (Å²) in [6.45, 7) is 13.9. The smallest absolute Gasteiger partial charge is 0.243 e. The lowest BCUT2D eigenvalue weighted by molar-refractivity contribution is -0.136. The van der Waals surface area contributed by atoms with Crippen LogP contribution in [0, 0.1) is 11.8 Å². The van der Waals surface area contributed by atoms with E-state index in [1.165, 1.54) is 13.8 Å². The van der Waals surface area contributed by atoms with E-state index < -0.39 is 35.7 Å². The van der Waals surface area contributed by atoms with Crippen molar-refractivity contribution < 1.29 is 29.0 Å². The Bertz CT molecular complexity index is 1360. The zero-order valence-electron chi connectivity index (χ0n) is 31.5. The number of rotatable bonds is 21. The number of nitrogens with one attached hydrogen (secondary N) is 4. The number of carbonyl (C=O) groups is 4. The van der Waals surface area contributed by atoms with Gasteiger partial charge in [-0.25, -0.2) is 0 Å². The normalized spacial score (nSPS) is 16.3. The molecule has 0 radical (unpaired) electrons. The van der Waals surface area contributed by atoms with E-state index in [2.05, 4.69) is 21.3 Å². The third-order valence-electron chi connectivity index (χ3n) is 8.94. The average Bonchev–Trinajstić information content (AvgIpc) is 3.08. The highest BCUT2D eigenvalue weighted by atomic mass is 16.5. The zero-order chi connectivity index (χ0) is 37.4. The number of benzene rings is 2. The second-order valence-electron chi connectivity index (χ2n) is 15.1. The number of carbonyl (C=O) groups excluding carboxylic acids is 4. The van der Waals surface area contributed by atoms with Crippen LogP contribution in [0.5, 0.6) is 0 Å². The molecule has 1 heterocycles. The zero-order valence-corrected chi connectivity index (χ0v) is 31.5. The standard InChI is InChI=1S/C40H61N5O6/c1-28(2)23-34(37(47)40(5,6)50)41-26-32(25-31-15-11-8-12-16-31)42-39(49)35(24-29(3)4)44-38(48)33(18-17-30-13-9-7-10-14-30)43-36(46)27-45-19-21-51-22-20-45/h7-16,28-29,32-35,41,50H,17-27H2,1-6H3,(H,42,49)(H,43,46)(H,44,48)/t32-,33-,34-,35-/m0/s1. The van der Waals surface area contributed by atoms with Gasteiger partial charge < -0.3 is 31.1 Å². The average molecular weight is 708 g/mol. The molecule has 1 aliphatic rings. The molecule has 5 N–H and O–H groups in total. The molecule has 0 unspecified atom stereocenters. The maximum absolute atomic E-state index is 14.1. The molecule has 1 fully saturated rings. The lowest BCUT2D eigenvalue weighted by atomic mass is 9.91. The number of aryl methyl sites for hydroxylation is 1. The van der Waals surface area contributed by atoms with Gasteiger partial charge in [0.05, 0.1) is 25.8 Å². The Morgan fingerprint density at radius 2 is 1.31 bits per heavy atom. The largest absolute Gasteiger partial charge is 0.383 e. The Morgan fingerprint density at radius 3 is 1.88 bits per heavy atom. The van der Waals surface area contributed by atoms with Crippen LogP contribution < -0.4 is 21.3 Å². The van der Waals surface area contributed by atoms with Gasteiger partial charge in [0.15, 0.2) is 5.78 Å². The molecule has 0 aromatic heterocycles. The lowest BCUT2D eigenvalue weighted by Gasteiger charge is -2.30. The Balaban J connectivity index is 1.78. The number of Topliss-reactive ketones (excluding diaryl/α,β-unsaturated/α-hetero) is 1. The predicted molar refractivity (Wildman–Crippen MR) is 200 cm³/mol. The van der Waals surface area contributed by atoms with E-state index in [0.717, 1.165) is 11.1 Å². The van der Waals surface area contributed by atoms with Crippen molar-refractivity contribution in [3.8, 4) is 0 Å². The first-order valence-electron chi connectivity index (χ1n) is 18.5. The second kappa shape index (κ2) is 21.0. The first-order valence-corrected chi connectivity index (χ1v) is 18.5. The minimum absolute atomic E-state index is 0.0882. The molecule has 3 amide bonds. The number of morpholine rings is 1. The topological polar surface area (TPSA) is 149 Å². The summed E-state index contributed by atoms with van der Waals surface area (Å²) in [7, 11) is 0. The maximum atomic E-state index is 14.1. The molecule has 3 rings (SSSR count). The summed E-state index contributed by atoms with van der Waals surface area (Å²) in [5.74, 6) is -1.01. The van der Waals surface area contributed by atoms with Crippen LogP contribution in [0.1, 0.15) is 71.9 Å². The fourth-order valence-corrected chi connectivity index (χ4v) is 6.24. The summed E-state index contributed by atoms with van der Waals surface area (Å²) in [5, 5.41) is 22.9. The van der Waals surface area contributed by atoms with Gasteiger partial charge in [0.2, 0.25) is 17.7 Å². The number of ketones is 1. The number of aliphatic hydroxyl groups is 1. The fraction of sp³-hybridized carbons (Fsp3) is 0.600. The van der Waals surface area contributed by atoms with Crippen molar-refractivity contribution >= 4 is 23.5 Å². The van der Waals surface area contributed by atoms with Crippen LogP contribution in [0.15, 0.2) is 60.7 Å². The highest BCUT2D eigenvalue weighted by Gasteiger charge is 2.33. The SMILES string of the molecule is CC(C)C[C@H](NC(=O)[C@H](CCc1ccccc1)NC(=O)CN1CCOCC1)C(=O)N[C@H](CN[C@@H](CC(C)C)C(=O)C(C)(C)O)Cc1ccccc1. The molecule has 2 aromatic carbocycles. The first-order chi connectivity index (χ1) is 24.2. The highest BCUT2D eigenvalue weighted by molar-refractivity contribution is 5.93. The molecule has 11 heteroatoms. The molecule has 1 aliphatic heterocycles. The molecule has 4 atom stereocenters. The van der Waals surface area contributed by atoms with E-state index in [4.69, 9.17) is 4.74 Å². The van der Waals surface area contributed by atoms with Crippen molar-refractivity contribution in [2.75, 3.05) is 39.4 Å². The van der Waals surface area contributed by atoms with E-state index >= 15 is 0 Å². The minimum Gasteiger partial charge on any atom is -0.383 e. The third kappa shape index (κ3) is 15.6. The van der Waals surface area contributed by atoms with E-state index in [1.54, 1.807) is 0 Å². The van der Waals surface area contributed by atoms with Crippen LogP contribution in [0.3, 0.4) is 0 Å². The maximum Gasteiger partial charge on any atom is 0.243 e. The molecule has 0 saturated carbocycles. The number of ether oxygens (including phenoxy) is 1. The monoisotopic (exact) mass is 707 g/mol. The Hall–Kier alpha value is -3.64. The summed E-state index contributed by atoms with van der Waals surface area (Å²) in [6.07, 6.45) is 2.35. The number of hydrogen-bond acceptors (Lipinski definition) is 8. The Kier molecular flexibility index (Phi) is 17.2. The summed E-state index contributed by atoms with van der Waals surface area (Å²) < 4.78 is 5.41. The minimum atomic E-state index is -1.51. The molecule has 0 spiro atoms. The van der Waals surface area contributed by atoms with Gasteiger partial charge >= 0.3 is 0 Å². The van der Waals surface area contributed by atoms with Crippen molar-refractivity contribution in [3.05, 3.63) is 71.8 Å². The van der Waals surface area contributed by atoms with Gasteiger partial charge in [0.1, 0.15) is 17.7 Å². The van der Waals surface area contributed by atoms with Gasteiger partial charge in [0.25, 0.3) is 0 Å². The quantitative estimate of drug-likeness (QED) is 0.133. The second-order valence-corrected chi connectivity index (χ2v) is 15.1. The number of hydrogen-bond donors (Lipinski definition) is 5. The molecule has 51 heavy (non-hydrogen) atoms. The number of amides is 3. The molecule has 0 bridgehead atoms. The predicted octanol–water partition coefficient (Wildman–Crippen LogP) is 3.04. The summed E-state index contributed by atoms with van der Waals surface area (Å²) in [6, 6.07) is 16.8. The van der Waals surface area contributed by atoms with Gasteiger partial charge in [-0.2, -0.15) is 0 Å². The van der Waals surface area contributed by atoms with Crippen LogP contribution in [-0.4, -0.2) is 103 Å². The van der Waals surface area contributed by atoms with Gasteiger partial charge in [-0.15, -0.1) is 0 Å². The van der Waals surface area contributed by atoms with Crippen LogP contribution in [0.2, 0.25) is 0 Å². The fourth-order valence-electron chi connectivity index (χ4n) is 6.24. The van der Waals surface area contributed by atoms with Gasteiger partial charge in [-0.3, -0.25) is 24.1 Å². The summed E-state index contributed by atoms with van der Waals surface area (Å²) >= 11 is 0. The van der Waals surface area contributed by atoms with E-state index in [9.17, 15) is 24.3 Å². The molecular formula is C40H61N5O6. The van der Waals surface area contributed by atoms with Crippen molar-refractivity contribution in [2.45, 2.75) is 103 Å². The van der Waals surface area contributed by atoms with Gasteiger partial charge in [0, 0.05) is 25.7 Å². The Morgan fingerprint density at radius 1 is 0.765 bits per heavy atom. The van der Waals surface area contributed by atoms with Crippen LogP contribution in [0.4, 0.5) is 0 Å². The first kappa shape index (κ1) is 41.8. The van der Waals surface area contributed by atoms with E-state index in [0.29, 0.717) is 58.4 Å². The molecule has 2 aromatic rings. The van der Waals surface area contributed by atoms with Crippen LogP contribution in [-0.2, 0) is 36.8 Å². The third-order valence-corrected chi connectivity index (χ3v) is 8.94. The van der Waals surface area contributed by atoms with Gasteiger partial charge in [-0.05, 0) is 68.9 Å². The number of nitrogens with zero attached hydrogens (tertiary/aromatic N) is 1. The van der Waals surface area contributed by atoms with Crippen molar-refractivity contribution in [1.82, 2.24) is 26.2 Å². The van der Waals surface area contributed by atoms with E-state index in [1.807, 2.05) is 93.3 Å². The molecular weight excluding hydrogens is 646 g/mol. The van der Waals surface area contributed by atoms with Crippen LogP contribution in [0.25, 0.3) is 0 Å². The van der Waals surface area contributed by atoms with Crippen molar-refractivity contribution in [2.24, 2.45) is 11.8 Å². The Labute approximate surface area is 304 Å². The summed E-state index contributed by atoms with van der Waals surface area (Å²) in [4.78, 5) is 56.3. The van der Waals surface area contributed by atoms with E-state index in [-0.39, 0.29) is 42.5 Å². The van der Waals surface area contributed by atoms with Crippen molar-refractivity contribution in [3.63, 3.8) is 0 Å². The van der Waals surface area contributed by atoms with Crippen LogP contribution >= 0.6 is 0 Å². The van der Waals surface area contributed by atoms with Gasteiger partial charge in [-0.1, -0.05) is 88.4 Å².